The van der Waals surface area contributed by atoms with Crippen LogP contribution in [-0.4, -0.2) is 66.8 Å². The second-order valence-electron chi connectivity index (χ2n) is 18.2. The van der Waals surface area contributed by atoms with Gasteiger partial charge >= 0.3 is 5.97 Å². The Morgan fingerprint density at radius 3 is 2.07 bits per heavy atom. The van der Waals surface area contributed by atoms with Crippen molar-refractivity contribution in [2.45, 2.75) is 126 Å². The lowest BCUT2D eigenvalue weighted by Crippen LogP contribution is -2.67. The fourth-order valence-corrected chi connectivity index (χ4v) is 13.5. The predicted molar refractivity (Wildman–Crippen MR) is 174 cm³/mol. The van der Waals surface area contributed by atoms with Crippen LogP contribution in [0.15, 0.2) is 0 Å². The molecule has 0 spiro atoms. The molecule has 0 aromatic heterocycles. The van der Waals surface area contributed by atoms with E-state index in [0.29, 0.717) is 48.6 Å². The molecule has 0 aromatic carbocycles. The summed E-state index contributed by atoms with van der Waals surface area (Å²) in [6.45, 7) is 21.9. The number of amides is 1. The number of likely N-dealkylation sites (N-methyl/N-ethyl adjacent to an activating group) is 1. The zero-order valence-corrected chi connectivity index (χ0v) is 29.5. The molecule has 0 bridgehead atoms. The predicted octanol–water partition coefficient (Wildman–Crippen LogP) is 7.00. The van der Waals surface area contributed by atoms with Crippen molar-refractivity contribution in [3.05, 3.63) is 0 Å². The molecule has 6 fully saturated rings. The maximum Gasteiger partial charge on any atom is 0.302 e. The number of carbonyl (C=O) groups excluding carboxylic acids is 3. The maximum atomic E-state index is 14.6. The van der Waals surface area contributed by atoms with E-state index in [1.54, 1.807) is 6.92 Å². The Morgan fingerprint density at radius 2 is 1.43 bits per heavy atom. The monoisotopic (exact) mass is 610 g/mol. The fraction of sp³-hybridized carbons (Fsp3) is 0.921. The summed E-state index contributed by atoms with van der Waals surface area (Å²) < 4.78 is 5.95. The van der Waals surface area contributed by atoms with E-state index in [1.165, 1.54) is 25.7 Å². The summed E-state index contributed by atoms with van der Waals surface area (Å²) >= 11 is 0. The lowest BCUT2D eigenvalue weighted by atomic mass is 9.32. The van der Waals surface area contributed by atoms with E-state index in [9.17, 15) is 14.4 Å². The van der Waals surface area contributed by atoms with E-state index in [2.05, 4.69) is 60.4 Å². The molecule has 1 saturated heterocycles. The highest BCUT2D eigenvalue weighted by molar-refractivity contribution is 6.38. The van der Waals surface area contributed by atoms with Crippen molar-refractivity contribution in [1.29, 1.82) is 0 Å². The third kappa shape index (κ3) is 4.44. The average Bonchev–Trinajstić information content (AvgIpc) is 3.36. The van der Waals surface area contributed by atoms with Crippen molar-refractivity contribution in [1.82, 2.24) is 9.80 Å². The number of ketones is 1. The van der Waals surface area contributed by atoms with Gasteiger partial charge in [-0.1, -0.05) is 48.5 Å². The number of Topliss-reactive ketones (excluding diaryl/α,β-unsaturated/α-hetero) is 1. The molecule has 6 nitrogen and oxygen atoms in total. The Balaban J connectivity index is 1.33. The molecule has 10 atom stereocenters. The molecule has 6 rings (SSSR count). The minimum Gasteiger partial charge on any atom is -0.462 e. The fourth-order valence-electron chi connectivity index (χ4n) is 13.5. The number of carbonyl (C=O) groups is 3. The van der Waals surface area contributed by atoms with Gasteiger partial charge in [0.2, 0.25) is 5.78 Å². The van der Waals surface area contributed by atoms with Crippen LogP contribution in [0.2, 0.25) is 0 Å². The Bertz CT molecular complexity index is 1170. The first kappa shape index (κ1) is 32.5. The highest BCUT2D eigenvalue weighted by Gasteiger charge is 2.72. The van der Waals surface area contributed by atoms with E-state index in [4.69, 9.17) is 4.74 Å². The SMILES string of the molecule is CC(=O)O[C@H]1CC[C@@]2(C)[C@@H](CCC3(C)[C@@H]2CCC2C4C(C(C)C)CC[C@]4(C(=O)C(=O)N4CCN(C)CC4)CC[C@]23C)C1(C)C. The van der Waals surface area contributed by atoms with Gasteiger partial charge in [-0.05, 0) is 123 Å². The van der Waals surface area contributed by atoms with Gasteiger partial charge in [-0.2, -0.15) is 0 Å². The van der Waals surface area contributed by atoms with Gasteiger partial charge < -0.3 is 14.5 Å². The van der Waals surface area contributed by atoms with Gasteiger partial charge in [0.25, 0.3) is 5.91 Å². The highest BCUT2D eigenvalue weighted by Crippen LogP contribution is 2.77. The first-order valence-corrected chi connectivity index (χ1v) is 18.2. The van der Waals surface area contributed by atoms with Gasteiger partial charge in [0.15, 0.2) is 0 Å². The van der Waals surface area contributed by atoms with Gasteiger partial charge in [0.1, 0.15) is 6.10 Å². The molecule has 4 unspecified atom stereocenters. The molecule has 5 saturated carbocycles. The minimum absolute atomic E-state index is 0.00112. The number of esters is 1. The van der Waals surface area contributed by atoms with Crippen LogP contribution in [0.3, 0.4) is 0 Å². The molecule has 6 heteroatoms. The normalized spacial score (nSPS) is 46.8. The Morgan fingerprint density at radius 1 is 0.750 bits per heavy atom. The number of rotatable bonds is 4. The average molecular weight is 611 g/mol. The van der Waals surface area contributed by atoms with Gasteiger partial charge in [0, 0.05) is 43.9 Å². The van der Waals surface area contributed by atoms with Crippen LogP contribution < -0.4 is 0 Å². The van der Waals surface area contributed by atoms with Crippen molar-refractivity contribution in [2.75, 3.05) is 33.2 Å². The summed E-state index contributed by atoms with van der Waals surface area (Å²) in [5, 5.41) is 0. The van der Waals surface area contributed by atoms with Crippen molar-refractivity contribution in [2.24, 2.45) is 62.6 Å². The first-order valence-electron chi connectivity index (χ1n) is 18.2. The second kappa shape index (κ2) is 10.8. The molecular weight excluding hydrogens is 548 g/mol. The summed E-state index contributed by atoms with van der Waals surface area (Å²) in [6, 6.07) is 0. The molecular formula is C38H62N2O4. The summed E-state index contributed by atoms with van der Waals surface area (Å²) in [5.74, 6) is 2.62. The van der Waals surface area contributed by atoms with Crippen LogP contribution in [0.25, 0.3) is 0 Å². The summed E-state index contributed by atoms with van der Waals surface area (Å²) in [7, 11) is 2.10. The Hall–Kier alpha value is -1.43. The molecule has 1 heterocycles. The number of piperazine rings is 1. The lowest BCUT2D eigenvalue weighted by Gasteiger charge is -2.73. The molecule has 0 radical (unpaired) electrons. The number of hydrogen-bond donors (Lipinski definition) is 0. The Labute approximate surface area is 267 Å². The molecule has 1 amide bonds. The van der Waals surface area contributed by atoms with Crippen LogP contribution in [0.5, 0.6) is 0 Å². The number of fused-ring (bicyclic) bond motifs is 7. The van der Waals surface area contributed by atoms with Crippen molar-refractivity contribution in [3.63, 3.8) is 0 Å². The molecule has 0 N–H and O–H groups in total. The van der Waals surface area contributed by atoms with Crippen LogP contribution in [0.1, 0.15) is 120 Å². The summed E-state index contributed by atoms with van der Waals surface area (Å²) in [5.41, 5.74) is 0.0590. The van der Waals surface area contributed by atoms with E-state index >= 15 is 0 Å². The zero-order valence-electron chi connectivity index (χ0n) is 29.5. The second-order valence-corrected chi connectivity index (χ2v) is 18.2. The molecule has 0 aromatic rings. The van der Waals surface area contributed by atoms with Gasteiger partial charge in [0.05, 0.1) is 0 Å². The van der Waals surface area contributed by atoms with Crippen molar-refractivity contribution >= 4 is 17.7 Å². The van der Waals surface area contributed by atoms with Crippen LogP contribution in [-0.2, 0) is 19.1 Å². The molecule has 1 aliphatic heterocycles. The number of nitrogens with zero attached hydrogens (tertiary/aromatic N) is 2. The third-order valence-electron chi connectivity index (χ3n) is 16.0. The standard InChI is InChI=1S/C38H62N2O4/c1-24(2)26-12-17-38(32(42)33(43)40-22-20-39(9)21-23-40)19-18-36(7)27(31(26)38)10-11-29-35(6)15-14-30(44-25(3)41)34(4,5)28(35)13-16-37(29,36)8/h24,26-31H,10-23H2,1-9H3/t26?,27?,28-,29+,30-,31?,35-,36+,37?,38-/m0/s1. The van der Waals surface area contributed by atoms with E-state index in [1.807, 2.05) is 4.90 Å². The van der Waals surface area contributed by atoms with Crippen LogP contribution >= 0.6 is 0 Å². The summed E-state index contributed by atoms with van der Waals surface area (Å²) in [4.78, 5) is 44.7. The minimum atomic E-state index is -0.478. The van der Waals surface area contributed by atoms with E-state index in [-0.39, 0.29) is 45.4 Å². The number of ether oxygens (including phenoxy) is 1. The third-order valence-corrected chi connectivity index (χ3v) is 16.0. The first-order chi connectivity index (χ1) is 20.5. The largest absolute Gasteiger partial charge is 0.462 e. The van der Waals surface area contributed by atoms with Crippen LogP contribution in [0, 0.1) is 62.6 Å². The topological polar surface area (TPSA) is 66.9 Å². The zero-order chi connectivity index (χ0) is 32.0. The molecule has 248 valence electrons. The smallest absolute Gasteiger partial charge is 0.302 e. The van der Waals surface area contributed by atoms with Crippen molar-refractivity contribution < 1.29 is 19.1 Å². The van der Waals surface area contributed by atoms with Gasteiger partial charge in [-0.3, -0.25) is 14.4 Å². The highest BCUT2D eigenvalue weighted by atomic mass is 16.5. The van der Waals surface area contributed by atoms with Gasteiger partial charge in [-0.25, -0.2) is 0 Å². The van der Waals surface area contributed by atoms with Crippen LogP contribution in [0.4, 0.5) is 0 Å². The van der Waals surface area contributed by atoms with Gasteiger partial charge in [-0.15, -0.1) is 0 Å². The molecule has 5 aliphatic carbocycles. The van der Waals surface area contributed by atoms with E-state index in [0.717, 1.165) is 51.6 Å². The number of hydrogen-bond acceptors (Lipinski definition) is 5. The lowest BCUT2D eigenvalue weighted by molar-refractivity contribution is -0.250. The molecule has 44 heavy (non-hydrogen) atoms. The maximum absolute atomic E-state index is 14.6. The quantitative estimate of drug-likeness (QED) is 0.253. The van der Waals surface area contributed by atoms with Crippen molar-refractivity contribution in [3.8, 4) is 0 Å². The van der Waals surface area contributed by atoms with E-state index < -0.39 is 5.41 Å². The Kier molecular flexibility index (Phi) is 7.98. The summed E-state index contributed by atoms with van der Waals surface area (Å²) in [6.07, 6.45) is 10.8. The molecule has 6 aliphatic rings.